The van der Waals surface area contributed by atoms with Crippen LogP contribution in [0.2, 0.25) is 0 Å². The molecule has 0 bridgehead atoms. The number of anilines is 1. The van der Waals surface area contributed by atoms with Crippen LogP contribution in [0, 0.1) is 6.92 Å². The Hall–Kier alpha value is -3.01. The van der Waals surface area contributed by atoms with Crippen LogP contribution in [-0.2, 0) is 4.79 Å². The predicted molar refractivity (Wildman–Crippen MR) is 96.3 cm³/mol. The number of hydrogen-bond donors (Lipinski definition) is 1. The Kier molecular flexibility index (Phi) is 5.97. The van der Waals surface area contributed by atoms with Crippen LogP contribution in [0.3, 0.4) is 0 Å². The molecule has 140 valence electrons. The number of amides is 1. The fourth-order valence-corrected chi connectivity index (χ4v) is 2.99. The lowest BCUT2D eigenvalue weighted by Gasteiger charge is -2.11. The zero-order chi connectivity index (χ0) is 19.2. The molecule has 2 aromatic carbocycles. The Balaban J connectivity index is 1.66. The third kappa shape index (κ3) is 4.79. The van der Waals surface area contributed by atoms with Crippen molar-refractivity contribution < 1.29 is 18.3 Å². The maximum atomic E-state index is 12.4. The number of alkyl halides is 2. The van der Waals surface area contributed by atoms with E-state index in [0.29, 0.717) is 5.16 Å². The summed E-state index contributed by atoms with van der Waals surface area (Å²) in [6.45, 7) is -1.05. The number of rotatable bonds is 7. The first-order valence-corrected chi connectivity index (χ1v) is 8.84. The van der Waals surface area contributed by atoms with Crippen molar-refractivity contribution in [3.8, 4) is 11.4 Å². The van der Waals surface area contributed by atoms with Crippen LogP contribution < -0.4 is 10.1 Å². The maximum absolute atomic E-state index is 12.4. The molecule has 3 aromatic rings. The molecule has 1 N–H and O–H groups in total. The number of aryl methyl sites for hydroxylation is 1. The minimum absolute atomic E-state index is 0.00470. The second kappa shape index (κ2) is 8.58. The van der Waals surface area contributed by atoms with E-state index in [2.05, 4.69) is 25.6 Å². The Morgan fingerprint density at radius 3 is 2.74 bits per heavy atom. The molecular weight excluding hydrogens is 376 g/mol. The number of para-hydroxylation sites is 3. The smallest absolute Gasteiger partial charge is 0.387 e. The number of carbonyl (C=O) groups excluding carboxylic acids is 1. The standard InChI is InChI=1S/C17H15F2N5O2S/c1-11-6-2-4-8-13(11)24-17(21-22-23-24)27-10-15(25)20-12-7-3-5-9-14(12)26-16(18)19/h2-9,16H,10H2,1H3,(H,20,25). The van der Waals surface area contributed by atoms with Gasteiger partial charge in [-0.25, -0.2) is 0 Å². The van der Waals surface area contributed by atoms with Gasteiger partial charge in [0.15, 0.2) is 0 Å². The molecular formula is C17H15F2N5O2S. The molecule has 0 unspecified atom stereocenters. The summed E-state index contributed by atoms with van der Waals surface area (Å²) in [6, 6.07) is 13.6. The SMILES string of the molecule is Cc1ccccc1-n1nnnc1SCC(=O)Nc1ccccc1OC(F)F. The third-order valence-corrected chi connectivity index (χ3v) is 4.41. The molecule has 0 saturated carbocycles. The maximum Gasteiger partial charge on any atom is 0.387 e. The third-order valence-electron chi connectivity index (χ3n) is 3.49. The quantitative estimate of drug-likeness (QED) is 0.623. The number of aromatic nitrogens is 4. The van der Waals surface area contributed by atoms with Gasteiger partial charge in [0.25, 0.3) is 0 Å². The molecule has 0 aliphatic heterocycles. The average Bonchev–Trinajstić information content (AvgIpc) is 3.10. The molecule has 1 heterocycles. The van der Waals surface area contributed by atoms with Crippen molar-refractivity contribution in [3.05, 3.63) is 54.1 Å². The van der Waals surface area contributed by atoms with Gasteiger partial charge in [0, 0.05) is 0 Å². The van der Waals surface area contributed by atoms with Crippen molar-refractivity contribution in [2.45, 2.75) is 18.7 Å². The van der Waals surface area contributed by atoms with Gasteiger partial charge in [-0.2, -0.15) is 13.5 Å². The Morgan fingerprint density at radius 2 is 1.96 bits per heavy atom. The number of tetrazole rings is 1. The fraction of sp³-hybridized carbons (Fsp3) is 0.176. The second-order valence-corrected chi connectivity index (χ2v) is 6.31. The fourth-order valence-electron chi connectivity index (χ4n) is 2.31. The molecule has 1 aromatic heterocycles. The number of halogens is 2. The van der Waals surface area contributed by atoms with Crippen LogP contribution in [0.4, 0.5) is 14.5 Å². The highest BCUT2D eigenvalue weighted by Crippen LogP contribution is 2.26. The molecule has 1 amide bonds. The summed E-state index contributed by atoms with van der Waals surface area (Å²) in [5.41, 5.74) is 1.96. The first kappa shape index (κ1) is 18.8. The van der Waals surface area contributed by atoms with E-state index in [-0.39, 0.29) is 17.2 Å². The Morgan fingerprint density at radius 1 is 1.22 bits per heavy atom. The lowest BCUT2D eigenvalue weighted by molar-refractivity contribution is -0.113. The highest BCUT2D eigenvalue weighted by molar-refractivity contribution is 7.99. The van der Waals surface area contributed by atoms with E-state index in [0.717, 1.165) is 23.0 Å². The van der Waals surface area contributed by atoms with Gasteiger partial charge >= 0.3 is 6.61 Å². The van der Waals surface area contributed by atoms with Crippen molar-refractivity contribution in [1.82, 2.24) is 20.2 Å². The topological polar surface area (TPSA) is 81.9 Å². The Bertz CT molecular complexity index is 935. The van der Waals surface area contributed by atoms with Gasteiger partial charge in [-0.05, 0) is 41.1 Å². The van der Waals surface area contributed by atoms with Crippen molar-refractivity contribution in [1.29, 1.82) is 0 Å². The van der Waals surface area contributed by atoms with E-state index in [4.69, 9.17) is 0 Å². The van der Waals surface area contributed by atoms with Gasteiger partial charge in [-0.1, -0.05) is 42.1 Å². The molecule has 0 saturated heterocycles. The number of carbonyl (C=O) groups is 1. The van der Waals surface area contributed by atoms with Crippen LogP contribution in [-0.4, -0.2) is 38.5 Å². The zero-order valence-corrected chi connectivity index (χ0v) is 15.0. The van der Waals surface area contributed by atoms with Crippen LogP contribution in [0.15, 0.2) is 53.7 Å². The molecule has 0 atom stereocenters. The van der Waals surface area contributed by atoms with Crippen LogP contribution in [0.25, 0.3) is 5.69 Å². The number of thioether (sulfide) groups is 1. The molecule has 0 spiro atoms. The average molecular weight is 391 g/mol. The van der Waals surface area contributed by atoms with Gasteiger partial charge in [0.05, 0.1) is 17.1 Å². The van der Waals surface area contributed by atoms with Gasteiger partial charge in [0.1, 0.15) is 5.75 Å². The van der Waals surface area contributed by atoms with E-state index in [1.165, 1.54) is 12.1 Å². The predicted octanol–water partition coefficient (Wildman–Crippen LogP) is 3.30. The van der Waals surface area contributed by atoms with E-state index < -0.39 is 12.5 Å². The summed E-state index contributed by atoms with van der Waals surface area (Å²) in [5, 5.41) is 14.5. The lowest BCUT2D eigenvalue weighted by Crippen LogP contribution is -2.16. The molecule has 10 heteroatoms. The first-order valence-electron chi connectivity index (χ1n) is 7.85. The van der Waals surface area contributed by atoms with Crippen molar-refractivity contribution in [3.63, 3.8) is 0 Å². The van der Waals surface area contributed by atoms with Gasteiger partial charge in [-0.3, -0.25) is 4.79 Å². The number of ether oxygens (including phenoxy) is 1. The Labute approximate surface area is 157 Å². The number of nitrogens with one attached hydrogen (secondary N) is 1. The molecule has 0 aliphatic carbocycles. The molecule has 0 radical (unpaired) electrons. The van der Waals surface area contributed by atoms with Crippen LogP contribution >= 0.6 is 11.8 Å². The number of benzene rings is 2. The van der Waals surface area contributed by atoms with E-state index in [1.807, 2.05) is 31.2 Å². The molecule has 27 heavy (non-hydrogen) atoms. The monoisotopic (exact) mass is 391 g/mol. The minimum Gasteiger partial charge on any atom is -0.433 e. The largest absolute Gasteiger partial charge is 0.433 e. The van der Waals surface area contributed by atoms with E-state index in [9.17, 15) is 13.6 Å². The molecule has 0 aliphatic rings. The summed E-state index contributed by atoms with van der Waals surface area (Å²) >= 11 is 1.13. The van der Waals surface area contributed by atoms with Crippen molar-refractivity contribution in [2.75, 3.05) is 11.1 Å². The lowest BCUT2D eigenvalue weighted by atomic mass is 10.2. The van der Waals surface area contributed by atoms with Crippen LogP contribution in [0.5, 0.6) is 5.75 Å². The van der Waals surface area contributed by atoms with Gasteiger partial charge in [-0.15, -0.1) is 5.10 Å². The number of nitrogens with zero attached hydrogens (tertiary/aromatic N) is 4. The molecule has 0 fully saturated rings. The highest BCUT2D eigenvalue weighted by Gasteiger charge is 2.15. The number of hydrogen-bond acceptors (Lipinski definition) is 6. The van der Waals surface area contributed by atoms with E-state index in [1.54, 1.807) is 16.8 Å². The summed E-state index contributed by atoms with van der Waals surface area (Å²) in [5.74, 6) is -0.504. The minimum atomic E-state index is -2.98. The summed E-state index contributed by atoms with van der Waals surface area (Å²) in [6.07, 6.45) is 0. The molecule has 7 nitrogen and oxygen atoms in total. The van der Waals surface area contributed by atoms with E-state index >= 15 is 0 Å². The second-order valence-electron chi connectivity index (χ2n) is 5.37. The highest BCUT2D eigenvalue weighted by atomic mass is 32.2. The summed E-state index contributed by atoms with van der Waals surface area (Å²) in [4.78, 5) is 12.2. The summed E-state index contributed by atoms with van der Waals surface area (Å²) < 4.78 is 30.8. The first-order chi connectivity index (χ1) is 13.0. The van der Waals surface area contributed by atoms with Crippen molar-refractivity contribution in [2.24, 2.45) is 0 Å². The van der Waals surface area contributed by atoms with Gasteiger partial charge < -0.3 is 10.1 Å². The summed E-state index contributed by atoms with van der Waals surface area (Å²) in [7, 11) is 0. The van der Waals surface area contributed by atoms with Gasteiger partial charge in [0.2, 0.25) is 11.1 Å². The zero-order valence-electron chi connectivity index (χ0n) is 14.2. The van der Waals surface area contributed by atoms with Crippen molar-refractivity contribution >= 4 is 23.4 Å². The molecule has 3 rings (SSSR count). The normalized spacial score (nSPS) is 10.8. The van der Waals surface area contributed by atoms with Crippen LogP contribution in [0.1, 0.15) is 5.56 Å².